The van der Waals surface area contributed by atoms with Crippen LogP contribution >= 0.6 is 15.9 Å². The molecule has 1 unspecified atom stereocenters. The van der Waals surface area contributed by atoms with Crippen LogP contribution < -0.4 is 5.32 Å². The Hall–Kier alpha value is -1.08. The monoisotopic (exact) mass is 323 g/mol. The summed E-state index contributed by atoms with van der Waals surface area (Å²) in [6.07, 6.45) is -5.88. The average molecular weight is 324 g/mol. The highest BCUT2D eigenvalue weighted by molar-refractivity contribution is 9.10. The second-order valence-corrected chi connectivity index (χ2v) is 4.78. The van der Waals surface area contributed by atoms with Gasteiger partial charge in [0.05, 0.1) is 0 Å². The molecule has 0 aromatic heterocycles. The first-order valence-corrected chi connectivity index (χ1v) is 5.94. The summed E-state index contributed by atoms with van der Waals surface area (Å²) in [7, 11) is 0. The Morgan fingerprint density at radius 3 is 2.83 bits per heavy atom. The molecule has 0 saturated heterocycles. The summed E-state index contributed by atoms with van der Waals surface area (Å²) < 4.78 is 41.7. The number of rotatable bonds is 1. The van der Waals surface area contributed by atoms with Crippen LogP contribution in [0.1, 0.15) is 17.2 Å². The standard InChI is InChI=1S/C11H9BrF3NO2/c12-7-2-1-6-4-16-5-9(8(6)3-7)18-10(17)11(13,14)15/h1-3,9,16H,4-5H2. The summed E-state index contributed by atoms with van der Waals surface area (Å²) in [5, 5.41) is 2.91. The predicted molar refractivity (Wildman–Crippen MR) is 60.7 cm³/mol. The molecule has 98 valence electrons. The van der Waals surface area contributed by atoms with E-state index in [0.29, 0.717) is 12.1 Å². The molecular weight excluding hydrogens is 315 g/mol. The first-order chi connectivity index (χ1) is 8.38. The Labute approximate surface area is 109 Å². The van der Waals surface area contributed by atoms with E-state index in [2.05, 4.69) is 26.0 Å². The molecule has 1 heterocycles. The van der Waals surface area contributed by atoms with E-state index in [9.17, 15) is 18.0 Å². The summed E-state index contributed by atoms with van der Waals surface area (Å²) in [5.41, 5.74) is 1.42. The van der Waals surface area contributed by atoms with Crippen LogP contribution in [0.3, 0.4) is 0 Å². The van der Waals surface area contributed by atoms with Gasteiger partial charge in [-0.2, -0.15) is 13.2 Å². The predicted octanol–water partition coefficient (Wildman–Crippen LogP) is 2.70. The minimum Gasteiger partial charge on any atom is -0.449 e. The molecule has 2 rings (SSSR count). The minimum absolute atomic E-state index is 0.172. The lowest BCUT2D eigenvalue weighted by Crippen LogP contribution is -2.34. The first kappa shape index (κ1) is 13.4. The van der Waals surface area contributed by atoms with Gasteiger partial charge in [0, 0.05) is 17.6 Å². The normalized spacial score (nSPS) is 19.2. The fraction of sp³-hybridized carbons (Fsp3) is 0.364. The second kappa shape index (κ2) is 4.89. The van der Waals surface area contributed by atoms with Crippen molar-refractivity contribution in [3.8, 4) is 0 Å². The van der Waals surface area contributed by atoms with Gasteiger partial charge < -0.3 is 10.1 Å². The molecule has 0 spiro atoms. The lowest BCUT2D eigenvalue weighted by molar-refractivity contribution is -0.205. The molecule has 0 amide bonds. The van der Waals surface area contributed by atoms with Crippen molar-refractivity contribution in [3.05, 3.63) is 33.8 Å². The van der Waals surface area contributed by atoms with Crippen LogP contribution in [0, 0.1) is 0 Å². The van der Waals surface area contributed by atoms with Crippen LogP contribution in [0.25, 0.3) is 0 Å². The van der Waals surface area contributed by atoms with Gasteiger partial charge in [-0.3, -0.25) is 0 Å². The maximum Gasteiger partial charge on any atom is 0.490 e. The third-order valence-electron chi connectivity index (χ3n) is 2.58. The van der Waals surface area contributed by atoms with Gasteiger partial charge in [0.2, 0.25) is 0 Å². The number of benzene rings is 1. The van der Waals surface area contributed by atoms with Gasteiger partial charge >= 0.3 is 12.1 Å². The van der Waals surface area contributed by atoms with Crippen molar-refractivity contribution in [1.29, 1.82) is 0 Å². The highest BCUT2D eigenvalue weighted by Gasteiger charge is 2.43. The number of hydrogen-bond acceptors (Lipinski definition) is 3. The summed E-state index contributed by atoms with van der Waals surface area (Å²) in [4.78, 5) is 10.8. The molecule has 0 fully saturated rings. The quantitative estimate of drug-likeness (QED) is 0.807. The Morgan fingerprint density at radius 2 is 2.17 bits per heavy atom. The highest BCUT2D eigenvalue weighted by Crippen LogP contribution is 2.30. The molecule has 3 nitrogen and oxygen atoms in total. The SMILES string of the molecule is O=C(OC1CNCc2ccc(Br)cc21)C(F)(F)F. The van der Waals surface area contributed by atoms with Gasteiger partial charge in [-0.1, -0.05) is 22.0 Å². The molecule has 1 aromatic rings. The third kappa shape index (κ3) is 2.84. The summed E-state index contributed by atoms with van der Waals surface area (Å²) in [6.45, 7) is 0.716. The van der Waals surface area contributed by atoms with E-state index < -0.39 is 18.2 Å². The maximum absolute atomic E-state index is 12.2. The van der Waals surface area contributed by atoms with Gasteiger partial charge in [0.15, 0.2) is 0 Å². The summed E-state index contributed by atoms with van der Waals surface area (Å²) in [5.74, 6) is -2.16. The van der Waals surface area contributed by atoms with Crippen molar-refractivity contribution < 1.29 is 22.7 Å². The molecule has 0 aliphatic carbocycles. The Bertz CT molecular complexity index is 476. The lowest BCUT2D eigenvalue weighted by atomic mass is 9.99. The molecule has 0 radical (unpaired) electrons. The zero-order chi connectivity index (χ0) is 13.3. The number of carbonyl (C=O) groups excluding carboxylic acids is 1. The maximum atomic E-state index is 12.2. The van der Waals surface area contributed by atoms with Crippen LogP contribution in [0.2, 0.25) is 0 Å². The highest BCUT2D eigenvalue weighted by atomic mass is 79.9. The number of esters is 1. The first-order valence-electron chi connectivity index (χ1n) is 5.15. The van der Waals surface area contributed by atoms with Crippen LogP contribution in [-0.2, 0) is 16.1 Å². The van der Waals surface area contributed by atoms with Gasteiger partial charge in [0.1, 0.15) is 6.10 Å². The van der Waals surface area contributed by atoms with E-state index in [1.165, 1.54) is 0 Å². The number of halogens is 4. The van der Waals surface area contributed by atoms with E-state index >= 15 is 0 Å². The van der Waals surface area contributed by atoms with Gasteiger partial charge in [-0.05, 0) is 23.3 Å². The molecule has 1 atom stereocenters. The zero-order valence-electron chi connectivity index (χ0n) is 9.05. The summed E-state index contributed by atoms with van der Waals surface area (Å²) in [6, 6.07) is 5.24. The van der Waals surface area contributed by atoms with Gasteiger partial charge in [0.25, 0.3) is 0 Å². The molecule has 0 saturated carbocycles. The molecular formula is C11H9BrF3NO2. The van der Waals surface area contributed by atoms with Crippen LogP contribution in [0.5, 0.6) is 0 Å². The van der Waals surface area contributed by atoms with E-state index in [1.54, 1.807) is 18.2 Å². The number of carbonyl (C=O) groups is 1. The fourth-order valence-corrected chi connectivity index (χ4v) is 2.15. The molecule has 18 heavy (non-hydrogen) atoms. The van der Waals surface area contributed by atoms with E-state index in [1.807, 2.05) is 0 Å². The Morgan fingerprint density at radius 1 is 1.44 bits per heavy atom. The van der Waals surface area contributed by atoms with Crippen molar-refractivity contribution >= 4 is 21.9 Å². The van der Waals surface area contributed by atoms with E-state index in [0.717, 1.165) is 10.0 Å². The summed E-state index contributed by atoms with van der Waals surface area (Å²) >= 11 is 3.24. The van der Waals surface area contributed by atoms with Crippen LogP contribution in [-0.4, -0.2) is 18.7 Å². The van der Waals surface area contributed by atoms with E-state index in [4.69, 9.17) is 0 Å². The van der Waals surface area contributed by atoms with Crippen molar-refractivity contribution in [2.75, 3.05) is 6.54 Å². The number of fused-ring (bicyclic) bond motifs is 1. The molecule has 1 aliphatic rings. The molecule has 1 aromatic carbocycles. The fourth-order valence-electron chi connectivity index (χ4n) is 1.78. The lowest BCUT2D eigenvalue weighted by Gasteiger charge is -2.26. The second-order valence-electron chi connectivity index (χ2n) is 3.87. The third-order valence-corrected chi connectivity index (χ3v) is 3.07. The molecule has 1 N–H and O–H groups in total. The molecule has 7 heteroatoms. The topological polar surface area (TPSA) is 38.3 Å². The number of ether oxygens (including phenoxy) is 1. The smallest absolute Gasteiger partial charge is 0.449 e. The Balaban J connectivity index is 2.22. The Kier molecular flexibility index (Phi) is 3.63. The van der Waals surface area contributed by atoms with Gasteiger partial charge in [-0.25, -0.2) is 4.79 Å². The number of alkyl halides is 3. The zero-order valence-corrected chi connectivity index (χ0v) is 10.6. The number of nitrogens with one attached hydrogen (secondary N) is 1. The average Bonchev–Trinajstić information content (AvgIpc) is 2.28. The molecule has 0 bridgehead atoms. The van der Waals surface area contributed by atoms with Crippen molar-refractivity contribution in [2.24, 2.45) is 0 Å². The van der Waals surface area contributed by atoms with Crippen molar-refractivity contribution in [2.45, 2.75) is 18.8 Å². The van der Waals surface area contributed by atoms with Crippen LogP contribution in [0.4, 0.5) is 13.2 Å². The largest absolute Gasteiger partial charge is 0.490 e. The van der Waals surface area contributed by atoms with Crippen molar-refractivity contribution in [1.82, 2.24) is 5.32 Å². The minimum atomic E-state index is -4.97. The number of hydrogen-bond donors (Lipinski definition) is 1. The van der Waals surface area contributed by atoms with Gasteiger partial charge in [-0.15, -0.1) is 0 Å². The van der Waals surface area contributed by atoms with Crippen LogP contribution in [0.15, 0.2) is 22.7 Å². The molecule has 1 aliphatic heterocycles. The van der Waals surface area contributed by atoms with Crippen molar-refractivity contribution in [3.63, 3.8) is 0 Å². The van der Waals surface area contributed by atoms with E-state index in [-0.39, 0.29) is 6.54 Å².